The van der Waals surface area contributed by atoms with Crippen LogP contribution in [0.4, 0.5) is 5.69 Å². The molecule has 8 heteroatoms. The number of carbonyl (C=O) groups excluding carboxylic acids is 2. The highest BCUT2D eigenvalue weighted by Gasteiger charge is 2.12. The van der Waals surface area contributed by atoms with Gasteiger partial charge in [-0.1, -0.05) is 17.7 Å². The Bertz CT molecular complexity index is 856. The average Bonchev–Trinajstić information content (AvgIpc) is 2.69. The van der Waals surface area contributed by atoms with Crippen molar-refractivity contribution in [3.8, 4) is 17.2 Å². The monoisotopic (exact) mass is 405 g/mol. The molecule has 0 atom stereocenters. The Balaban J connectivity index is 1.95. The summed E-state index contributed by atoms with van der Waals surface area (Å²) >= 11 is 5.85. The van der Waals surface area contributed by atoms with Crippen molar-refractivity contribution in [2.24, 2.45) is 0 Å². The molecule has 7 nitrogen and oxygen atoms in total. The molecule has 148 valence electrons. The van der Waals surface area contributed by atoms with E-state index in [-0.39, 0.29) is 0 Å². The summed E-state index contributed by atoms with van der Waals surface area (Å²) in [6.45, 7) is -0.426. The van der Waals surface area contributed by atoms with E-state index in [2.05, 4.69) is 5.32 Å². The number of benzene rings is 2. The minimum absolute atomic E-state index is 0.426. The van der Waals surface area contributed by atoms with Gasteiger partial charge in [0.05, 0.1) is 21.3 Å². The van der Waals surface area contributed by atoms with Gasteiger partial charge in [0.1, 0.15) is 0 Å². The molecule has 0 heterocycles. The topological polar surface area (TPSA) is 83.1 Å². The number of amides is 1. The van der Waals surface area contributed by atoms with E-state index >= 15 is 0 Å². The fraction of sp³-hybridized carbons (Fsp3) is 0.200. The normalized spacial score (nSPS) is 10.4. The molecule has 0 aliphatic heterocycles. The SMILES string of the molecule is COc1cc(/C=C/C(=O)OCC(=O)Nc2cccc(Cl)c2)cc(OC)c1OC. The number of anilines is 1. The van der Waals surface area contributed by atoms with E-state index < -0.39 is 18.5 Å². The molecule has 0 saturated carbocycles. The van der Waals surface area contributed by atoms with Crippen LogP contribution in [0.5, 0.6) is 17.2 Å². The summed E-state index contributed by atoms with van der Waals surface area (Å²) < 4.78 is 20.7. The zero-order valence-electron chi connectivity index (χ0n) is 15.7. The van der Waals surface area contributed by atoms with Gasteiger partial charge in [-0.3, -0.25) is 4.79 Å². The summed E-state index contributed by atoms with van der Waals surface area (Å²) in [5.74, 6) is 0.209. The molecule has 0 spiro atoms. The molecule has 0 saturated heterocycles. The summed E-state index contributed by atoms with van der Waals surface area (Å²) in [7, 11) is 4.50. The molecule has 28 heavy (non-hydrogen) atoms. The van der Waals surface area contributed by atoms with Crippen LogP contribution in [0, 0.1) is 0 Å². The van der Waals surface area contributed by atoms with Gasteiger partial charge >= 0.3 is 5.97 Å². The molecule has 0 unspecified atom stereocenters. The smallest absolute Gasteiger partial charge is 0.331 e. The number of rotatable bonds is 8. The summed E-state index contributed by atoms with van der Waals surface area (Å²) in [4.78, 5) is 23.7. The van der Waals surface area contributed by atoms with Crippen LogP contribution >= 0.6 is 11.6 Å². The quantitative estimate of drug-likeness (QED) is 0.534. The molecule has 0 aromatic heterocycles. The minimum Gasteiger partial charge on any atom is -0.493 e. The molecule has 1 N–H and O–H groups in total. The number of esters is 1. The van der Waals surface area contributed by atoms with Gasteiger partial charge < -0.3 is 24.3 Å². The summed E-state index contributed by atoms with van der Waals surface area (Å²) in [5, 5.41) is 3.07. The lowest BCUT2D eigenvalue weighted by molar-refractivity contribution is -0.142. The molecule has 2 aromatic carbocycles. The van der Waals surface area contributed by atoms with Gasteiger partial charge in [0.2, 0.25) is 5.75 Å². The average molecular weight is 406 g/mol. The Morgan fingerprint density at radius 3 is 2.29 bits per heavy atom. The van der Waals surface area contributed by atoms with Crippen LogP contribution in [-0.4, -0.2) is 39.8 Å². The highest BCUT2D eigenvalue weighted by molar-refractivity contribution is 6.30. The largest absolute Gasteiger partial charge is 0.493 e. The third kappa shape index (κ3) is 5.92. The zero-order valence-corrected chi connectivity index (χ0v) is 16.4. The van der Waals surface area contributed by atoms with E-state index in [1.165, 1.54) is 33.5 Å². The van der Waals surface area contributed by atoms with Crippen LogP contribution in [0.2, 0.25) is 5.02 Å². The van der Waals surface area contributed by atoms with Crippen LogP contribution < -0.4 is 19.5 Å². The van der Waals surface area contributed by atoms with Gasteiger partial charge in [-0.05, 0) is 42.0 Å². The van der Waals surface area contributed by atoms with Crippen molar-refractivity contribution in [1.29, 1.82) is 0 Å². The maximum Gasteiger partial charge on any atom is 0.331 e. The van der Waals surface area contributed by atoms with Crippen molar-refractivity contribution < 1.29 is 28.5 Å². The number of nitrogens with one attached hydrogen (secondary N) is 1. The predicted octanol–water partition coefficient (Wildman–Crippen LogP) is 3.56. The molecule has 0 fully saturated rings. The first kappa shape index (κ1) is 21.1. The first-order valence-electron chi connectivity index (χ1n) is 8.17. The Kier molecular flexibility index (Phi) is 7.71. The second-order valence-corrected chi connectivity index (χ2v) is 5.89. The van der Waals surface area contributed by atoms with Crippen molar-refractivity contribution >= 4 is 35.2 Å². The molecular weight excluding hydrogens is 386 g/mol. The van der Waals surface area contributed by atoms with Crippen LogP contribution in [-0.2, 0) is 14.3 Å². The Labute approximate surface area is 167 Å². The molecule has 2 aromatic rings. The molecule has 0 aliphatic carbocycles. The summed E-state index contributed by atoms with van der Waals surface area (Å²) in [6.07, 6.45) is 2.72. The Morgan fingerprint density at radius 2 is 1.71 bits per heavy atom. The van der Waals surface area contributed by atoms with Crippen molar-refractivity contribution in [2.75, 3.05) is 33.3 Å². The van der Waals surface area contributed by atoms with E-state index in [0.717, 1.165) is 0 Å². The highest BCUT2D eigenvalue weighted by atomic mass is 35.5. The van der Waals surface area contributed by atoms with Crippen LogP contribution in [0.1, 0.15) is 5.56 Å². The number of hydrogen-bond acceptors (Lipinski definition) is 6. The molecular formula is C20H20ClNO6. The van der Waals surface area contributed by atoms with E-state index in [4.69, 9.17) is 30.5 Å². The van der Waals surface area contributed by atoms with Gasteiger partial charge in [-0.15, -0.1) is 0 Å². The van der Waals surface area contributed by atoms with Gasteiger partial charge in [0.15, 0.2) is 18.1 Å². The first-order valence-corrected chi connectivity index (χ1v) is 8.55. The fourth-order valence-corrected chi connectivity index (χ4v) is 2.50. The standard InChI is InChI=1S/C20H20ClNO6/c1-25-16-9-13(10-17(26-2)20(16)27-3)7-8-19(24)28-12-18(23)22-15-6-4-5-14(21)11-15/h4-11H,12H2,1-3H3,(H,22,23)/b8-7+. The third-order valence-electron chi connectivity index (χ3n) is 3.55. The first-order chi connectivity index (χ1) is 13.5. The number of hydrogen-bond donors (Lipinski definition) is 1. The second kappa shape index (κ2) is 10.2. The van der Waals surface area contributed by atoms with Crippen LogP contribution in [0.15, 0.2) is 42.5 Å². The van der Waals surface area contributed by atoms with Gasteiger partial charge in [0, 0.05) is 16.8 Å². The van der Waals surface area contributed by atoms with Crippen molar-refractivity contribution in [2.45, 2.75) is 0 Å². The fourth-order valence-electron chi connectivity index (χ4n) is 2.31. The van der Waals surface area contributed by atoms with E-state index in [1.807, 2.05) is 0 Å². The van der Waals surface area contributed by atoms with Crippen molar-refractivity contribution in [3.63, 3.8) is 0 Å². The van der Waals surface area contributed by atoms with E-state index in [0.29, 0.717) is 33.5 Å². The maximum absolute atomic E-state index is 11.9. The molecule has 0 aliphatic rings. The van der Waals surface area contributed by atoms with Gasteiger partial charge in [-0.25, -0.2) is 4.79 Å². The number of carbonyl (C=O) groups is 2. The zero-order chi connectivity index (χ0) is 20.5. The number of methoxy groups -OCH3 is 3. The minimum atomic E-state index is -0.671. The van der Waals surface area contributed by atoms with Crippen molar-refractivity contribution in [3.05, 3.63) is 53.1 Å². The van der Waals surface area contributed by atoms with Gasteiger partial charge in [-0.2, -0.15) is 0 Å². The second-order valence-electron chi connectivity index (χ2n) is 5.46. The van der Waals surface area contributed by atoms with E-state index in [9.17, 15) is 9.59 Å². The highest BCUT2D eigenvalue weighted by Crippen LogP contribution is 2.38. The molecule has 2 rings (SSSR count). The van der Waals surface area contributed by atoms with Crippen molar-refractivity contribution in [1.82, 2.24) is 0 Å². The third-order valence-corrected chi connectivity index (χ3v) is 3.79. The molecule has 0 radical (unpaired) electrons. The summed E-state index contributed by atoms with van der Waals surface area (Å²) in [5.41, 5.74) is 1.15. The summed E-state index contributed by atoms with van der Waals surface area (Å²) in [6, 6.07) is 10.0. The molecule has 1 amide bonds. The predicted molar refractivity (Wildman–Crippen MR) is 106 cm³/mol. The van der Waals surface area contributed by atoms with Crippen LogP contribution in [0.3, 0.4) is 0 Å². The number of halogens is 1. The Hall–Kier alpha value is -3.19. The molecule has 0 bridgehead atoms. The lowest BCUT2D eigenvalue weighted by atomic mass is 10.1. The van der Waals surface area contributed by atoms with Gasteiger partial charge in [0.25, 0.3) is 5.91 Å². The Morgan fingerprint density at radius 1 is 1.04 bits per heavy atom. The lowest BCUT2D eigenvalue weighted by Gasteiger charge is -2.12. The van der Waals surface area contributed by atoms with E-state index in [1.54, 1.807) is 36.4 Å². The van der Waals surface area contributed by atoms with Crippen LogP contribution in [0.25, 0.3) is 6.08 Å². The maximum atomic E-state index is 11.9. The number of ether oxygens (including phenoxy) is 4. The lowest BCUT2D eigenvalue weighted by Crippen LogP contribution is -2.20.